The van der Waals surface area contributed by atoms with Crippen molar-refractivity contribution in [3.05, 3.63) is 64.0 Å². The van der Waals surface area contributed by atoms with Gasteiger partial charge >= 0.3 is 11.9 Å². The summed E-state index contributed by atoms with van der Waals surface area (Å²) in [5.74, 6) is -0.634. The first-order valence-corrected chi connectivity index (χ1v) is 11.3. The van der Waals surface area contributed by atoms with Crippen LogP contribution in [0, 0.1) is 17.0 Å². The van der Waals surface area contributed by atoms with Crippen LogP contribution in [0.4, 0.5) is 10.7 Å². The molecule has 3 heterocycles. The number of nitro groups is 1. The van der Waals surface area contributed by atoms with E-state index in [0.29, 0.717) is 13.0 Å². The van der Waals surface area contributed by atoms with Crippen LogP contribution in [0.5, 0.6) is 0 Å². The first-order valence-electron chi connectivity index (χ1n) is 11.3. The van der Waals surface area contributed by atoms with Crippen molar-refractivity contribution in [2.24, 2.45) is 5.10 Å². The number of aromatic nitrogens is 3. The molecule has 3 amide bonds. The van der Waals surface area contributed by atoms with Crippen molar-refractivity contribution >= 4 is 24.0 Å². The Bertz CT molecular complexity index is 1230. The van der Waals surface area contributed by atoms with Crippen molar-refractivity contribution in [1.29, 1.82) is 0 Å². The number of amides is 3. The number of carbonyl (C=O) groups is 2. The molecular weight excluding hydrogens is 454 g/mol. The quantitative estimate of drug-likeness (QED) is 0.134. The van der Waals surface area contributed by atoms with Gasteiger partial charge in [-0.1, -0.05) is 47.9 Å². The van der Waals surface area contributed by atoms with E-state index in [1.54, 1.807) is 0 Å². The predicted octanol–water partition coefficient (Wildman–Crippen LogP) is 3.61. The Balaban J connectivity index is 1.17. The lowest BCUT2D eigenvalue weighted by molar-refractivity contribution is -0.402. The maximum Gasteiger partial charge on any atom is 0.433 e. The molecule has 35 heavy (non-hydrogen) atoms. The van der Waals surface area contributed by atoms with Crippen molar-refractivity contribution in [3.8, 4) is 11.3 Å². The minimum atomic E-state index is -0.668. The lowest BCUT2D eigenvalue weighted by Gasteiger charge is -2.13. The lowest BCUT2D eigenvalue weighted by atomic mass is 10.1. The summed E-state index contributed by atoms with van der Waals surface area (Å²) in [7, 11) is 0. The molecule has 0 saturated carbocycles. The molecule has 0 spiro atoms. The zero-order chi connectivity index (χ0) is 24.8. The molecule has 1 saturated heterocycles. The fourth-order valence-corrected chi connectivity index (χ4v) is 3.64. The molecule has 1 aromatic carbocycles. The topological polar surface area (TPSA) is 140 Å². The standard InChI is InChI=1S/C23H25N7O5/c1-17-6-8-18(9-7-17)20-15-27(26-25-20)12-4-2-3-5-13-28-21(31)16-29(23(28)32)24-14-19-10-11-22(35-19)30(33)34/h6-11,14-15H,2-5,12-13,16H2,1H3/b24-14+. The number of benzene rings is 1. The van der Waals surface area contributed by atoms with Gasteiger partial charge in [-0.15, -0.1) is 5.10 Å². The van der Waals surface area contributed by atoms with E-state index in [4.69, 9.17) is 4.42 Å². The smallest absolute Gasteiger partial charge is 0.400 e. The molecule has 1 aliphatic rings. The van der Waals surface area contributed by atoms with E-state index >= 15 is 0 Å². The molecule has 0 unspecified atom stereocenters. The minimum absolute atomic E-state index is 0.119. The Morgan fingerprint density at radius 3 is 2.54 bits per heavy atom. The summed E-state index contributed by atoms with van der Waals surface area (Å²) in [5.41, 5.74) is 3.07. The molecule has 0 aliphatic carbocycles. The van der Waals surface area contributed by atoms with Crippen LogP contribution in [-0.2, 0) is 11.3 Å². The van der Waals surface area contributed by atoms with Crippen molar-refractivity contribution in [3.63, 3.8) is 0 Å². The van der Waals surface area contributed by atoms with E-state index in [2.05, 4.69) is 15.4 Å². The van der Waals surface area contributed by atoms with Crippen LogP contribution < -0.4 is 0 Å². The molecule has 0 atom stereocenters. The lowest BCUT2D eigenvalue weighted by Crippen LogP contribution is -2.32. The van der Waals surface area contributed by atoms with Crippen LogP contribution in [0.2, 0.25) is 0 Å². The molecule has 1 fully saturated rings. The van der Waals surface area contributed by atoms with Gasteiger partial charge in [0, 0.05) is 18.7 Å². The number of furan rings is 1. The summed E-state index contributed by atoms with van der Waals surface area (Å²) >= 11 is 0. The second-order valence-electron chi connectivity index (χ2n) is 8.21. The number of nitrogens with zero attached hydrogens (tertiary/aromatic N) is 7. The number of unbranched alkanes of at least 4 members (excludes halogenated alkanes) is 3. The summed E-state index contributed by atoms with van der Waals surface area (Å²) in [5, 5.41) is 24.0. The fraction of sp³-hybridized carbons (Fsp3) is 0.348. The van der Waals surface area contributed by atoms with Gasteiger partial charge in [0.25, 0.3) is 5.91 Å². The highest BCUT2D eigenvalue weighted by atomic mass is 16.6. The molecule has 12 heteroatoms. The number of hydrazone groups is 1. The summed E-state index contributed by atoms with van der Waals surface area (Å²) in [6.45, 7) is 2.93. The number of hydrogen-bond acceptors (Lipinski definition) is 8. The Kier molecular flexibility index (Phi) is 7.29. The highest BCUT2D eigenvalue weighted by Gasteiger charge is 2.35. The average molecular weight is 479 g/mol. The van der Waals surface area contributed by atoms with Gasteiger partial charge in [0.1, 0.15) is 17.2 Å². The third kappa shape index (κ3) is 5.96. The summed E-state index contributed by atoms with van der Waals surface area (Å²) in [6.07, 6.45) is 6.49. The van der Waals surface area contributed by atoms with Crippen molar-refractivity contribution in [2.45, 2.75) is 39.2 Å². The predicted molar refractivity (Wildman–Crippen MR) is 125 cm³/mol. The fourth-order valence-electron chi connectivity index (χ4n) is 3.64. The van der Waals surface area contributed by atoms with Crippen LogP contribution in [0.15, 0.2) is 52.1 Å². The van der Waals surface area contributed by atoms with Crippen LogP contribution in [0.25, 0.3) is 11.3 Å². The third-order valence-electron chi connectivity index (χ3n) is 5.56. The van der Waals surface area contributed by atoms with Crippen molar-refractivity contribution in [2.75, 3.05) is 13.1 Å². The van der Waals surface area contributed by atoms with Gasteiger partial charge in [0.15, 0.2) is 5.76 Å². The largest absolute Gasteiger partial charge is 0.433 e. The maximum absolute atomic E-state index is 12.5. The number of carbonyl (C=O) groups excluding carboxylic acids is 2. The van der Waals surface area contributed by atoms with Crippen LogP contribution in [-0.4, -0.2) is 61.1 Å². The van der Waals surface area contributed by atoms with Gasteiger partial charge < -0.3 is 4.42 Å². The second kappa shape index (κ2) is 10.7. The average Bonchev–Trinajstić information content (AvgIpc) is 3.56. The van der Waals surface area contributed by atoms with E-state index in [0.717, 1.165) is 42.1 Å². The van der Waals surface area contributed by atoms with Crippen molar-refractivity contribution < 1.29 is 18.9 Å². The number of urea groups is 1. The summed E-state index contributed by atoms with van der Waals surface area (Å²) in [6, 6.07) is 10.2. The Hall–Kier alpha value is -4.35. The Labute approximate surface area is 201 Å². The highest BCUT2D eigenvalue weighted by molar-refractivity contribution is 6.02. The first-order chi connectivity index (χ1) is 16.9. The van der Waals surface area contributed by atoms with Gasteiger partial charge in [0.2, 0.25) is 0 Å². The Morgan fingerprint density at radius 1 is 1.09 bits per heavy atom. The molecule has 2 aromatic heterocycles. The SMILES string of the molecule is Cc1ccc(-c2cn(CCCCCCN3C(=O)CN(/N=C/c4ccc([N+](=O)[O-])o4)C3=O)nn2)cc1. The summed E-state index contributed by atoms with van der Waals surface area (Å²) < 4.78 is 6.79. The van der Waals surface area contributed by atoms with Crippen LogP contribution in [0.3, 0.4) is 0 Å². The number of aryl methyl sites for hydroxylation is 2. The zero-order valence-electron chi connectivity index (χ0n) is 19.2. The molecule has 182 valence electrons. The molecule has 12 nitrogen and oxygen atoms in total. The molecular formula is C23H25N7O5. The van der Waals surface area contributed by atoms with E-state index in [1.807, 2.05) is 42.1 Å². The van der Waals surface area contributed by atoms with E-state index in [-0.39, 0.29) is 18.2 Å². The van der Waals surface area contributed by atoms with Crippen LogP contribution in [0.1, 0.15) is 37.0 Å². The monoisotopic (exact) mass is 479 g/mol. The molecule has 3 aromatic rings. The third-order valence-corrected chi connectivity index (χ3v) is 5.56. The Morgan fingerprint density at radius 2 is 1.83 bits per heavy atom. The molecule has 1 aliphatic heterocycles. The molecule has 0 N–H and O–H groups in total. The molecule has 0 radical (unpaired) electrons. The maximum atomic E-state index is 12.5. The van der Waals surface area contributed by atoms with Gasteiger partial charge in [-0.3, -0.25) is 24.5 Å². The van der Waals surface area contributed by atoms with E-state index in [1.165, 1.54) is 28.8 Å². The molecule has 0 bridgehead atoms. The normalized spacial score (nSPS) is 14.0. The van der Waals surface area contributed by atoms with Gasteiger partial charge in [-0.05, 0) is 25.8 Å². The minimum Gasteiger partial charge on any atom is -0.400 e. The van der Waals surface area contributed by atoms with Gasteiger partial charge in [-0.2, -0.15) is 5.10 Å². The molecule has 4 rings (SSSR count). The van der Waals surface area contributed by atoms with Crippen molar-refractivity contribution in [1.82, 2.24) is 24.9 Å². The van der Waals surface area contributed by atoms with Gasteiger partial charge in [0.05, 0.1) is 18.5 Å². The van der Waals surface area contributed by atoms with Crippen LogP contribution >= 0.6 is 0 Å². The number of imide groups is 1. The second-order valence-corrected chi connectivity index (χ2v) is 8.21. The van der Waals surface area contributed by atoms with Gasteiger partial charge in [-0.25, -0.2) is 9.80 Å². The first kappa shape index (κ1) is 23.8. The number of rotatable bonds is 11. The highest BCUT2D eigenvalue weighted by Crippen LogP contribution is 2.18. The van der Waals surface area contributed by atoms with E-state index in [9.17, 15) is 19.7 Å². The zero-order valence-corrected chi connectivity index (χ0v) is 19.2. The summed E-state index contributed by atoms with van der Waals surface area (Å²) in [4.78, 5) is 35.8. The number of hydrogen-bond donors (Lipinski definition) is 0. The van der Waals surface area contributed by atoms with E-state index < -0.39 is 16.8 Å².